The summed E-state index contributed by atoms with van der Waals surface area (Å²) in [6.45, 7) is 2.86. The lowest BCUT2D eigenvalue weighted by molar-refractivity contribution is 0.317. The number of aromatic amines is 1. The number of hydrogen-bond donors (Lipinski definition) is 1. The number of aryl methyl sites for hydroxylation is 2. The predicted octanol–water partition coefficient (Wildman–Crippen LogP) is 2.20. The molecule has 1 N–H and O–H groups in total. The lowest BCUT2D eigenvalue weighted by Gasteiger charge is -2.06. The first-order valence-electron chi connectivity index (χ1n) is 4.94. The van der Waals surface area contributed by atoms with Crippen LogP contribution < -0.4 is 4.74 Å². The van der Waals surface area contributed by atoms with E-state index in [-0.39, 0.29) is 0 Å². The van der Waals surface area contributed by atoms with E-state index in [1.165, 1.54) is 10.9 Å². The van der Waals surface area contributed by atoms with Crippen LogP contribution >= 0.6 is 0 Å². The van der Waals surface area contributed by atoms with Crippen molar-refractivity contribution in [2.75, 3.05) is 6.61 Å². The Hall–Kier alpha value is -1.51. The summed E-state index contributed by atoms with van der Waals surface area (Å²) in [5.41, 5.74) is 3.41. The molecule has 1 aliphatic rings. The van der Waals surface area contributed by atoms with Crippen molar-refractivity contribution in [1.29, 1.82) is 0 Å². The average Bonchev–Trinajstić information content (AvgIpc) is 2.46. The summed E-state index contributed by atoms with van der Waals surface area (Å²) < 4.78 is 5.75. The van der Waals surface area contributed by atoms with Gasteiger partial charge < -0.3 is 9.72 Å². The highest BCUT2D eigenvalue weighted by Gasteiger charge is 2.15. The van der Waals surface area contributed by atoms with Gasteiger partial charge in [0.1, 0.15) is 11.4 Å². The first-order valence-corrected chi connectivity index (χ1v) is 4.94. The summed E-state index contributed by atoms with van der Waals surface area (Å²) >= 11 is 0. The van der Waals surface area contributed by atoms with Gasteiger partial charge in [0.25, 0.3) is 0 Å². The lowest BCUT2D eigenvalue weighted by atomic mass is 10.1. The zero-order chi connectivity index (χ0) is 9.54. The zero-order valence-electron chi connectivity index (χ0n) is 8.13. The molecule has 0 saturated heterocycles. The molecule has 0 atom stereocenters. The monoisotopic (exact) mass is 188 g/mol. The Bertz CT molecular complexity index is 487. The van der Waals surface area contributed by atoms with Crippen LogP contribution in [-0.2, 0) is 6.42 Å². The van der Waals surface area contributed by atoms with Gasteiger partial charge in [-0.1, -0.05) is 0 Å². The molecule has 0 spiro atoms. The molecule has 0 amide bonds. The Morgan fingerprint density at radius 3 is 3.36 bits per heavy atom. The average molecular weight is 188 g/mol. The van der Waals surface area contributed by atoms with Crippen molar-refractivity contribution in [2.24, 2.45) is 0 Å². The molecular formula is C11H12N2O. The van der Waals surface area contributed by atoms with Gasteiger partial charge in [-0.25, -0.2) is 4.98 Å². The van der Waals surface area contributed by atoms with Crippen LogP contribution in [0.1, 0.15) is 17.5 Å². The molecular weight excluding hydrogens is 176 g/mol. The van der Waals surface area contributed by atoms with E-state index in [1.807, 2.05) is 13.1 Å². The summed E-state index contributed by atoms with van der Waals surface area (Å²) in [6, 6.07) is 0. The van der Waals surface area contributed by atoms with Gasteiger partial charge in [0.15, 0.2) is 0 Å². The van der Waals surface area contributed by atoms with Crippen molar-refractivity contribution in [3.05, 3.63) is 23.5 Å². The Balaban J connectivity index is 2.42. The van der Waals surface area contributed by atoms with Gasteiger partial charge in [0.05, 0.1) is 12.0 Å². The van der Waals surface area contributed by atoms with Crippen LogP contribution in [0.5, 0.6) is 5.75 Å². The maximum atomic E-state index is 5.75. The summed E-state index contributed by atoms with van der Waals surface area (Å²) in [4.78, 5) is 7.53. The molecule has 14 heavy (non-hydrogen) atoms. The molecule has 2 aromatic heterocycles. The van der Waals surface area contributed by atoms with Crippen molar-refractivity contribution in [3.63, 3.8) is 0 Å². The number of nitrogens with one attached hydrogen (secondary N) is 1. The number of rotatable bonds is 0. The third-order valence-electron chi connectivity index (χ3n) is 2.75. The molecule has 0 aliphatic carbocycles. The number of aromatic nitrogens is 2. The highest BCUT2D eigenvalue weighted by Crippen LogP contribution is 2.33. The first-order chi connectivity index (χ1) is 6.86. The fraction of sp³-hybridized carbons (Fsp3) is 0.364. The fourth-order valence-corrected chi connectivity index (χ4v) is 2.04. The van der Waals surface area contributed by atoms with Crippen molar-refractivity contribution >= 4 is 11.0 Å². The second kappa shape index (κ2) is 2.74. The molecule has 3 rings (SSSR count). The van der Waals surface area contributed by atoms with E-state index in [1.54, 1.807) is 0 Å². The van der Waals surface area contributed by atoms with Crippen molar-refractivity contribution in [1.82, 2.24) is 9.97 Å². The van der Waals surface area contributed by atoms with E-state index in [4.69, 9.17) is 4.74 Å². The molecule has 72 valence electrons. The summed E-state index contributed by atoms with van der Waals surface area (Å²) in [6.07, 6.45) is 6.08. The van der Waals surface area contributed by atoms with Crippen LogP contribution in [-0.4, -0.2) is 16.6 Å². The molecule has 0 radical (unpaired) electrons. The smallest absolute Gasteiger partial charge is 0.141 e. The zero-order valence-corrected chi connectivity index (χ0v) is 8.13. The minimum Gasteiger partial charge on any atom is -0.492 e. The van der Waals surface area contributed by atoms with E-state index in [2.05, 4.69) is 16.2 Å². The maximum Gasteiger partial charge on any atom is 0.141 e. The molecule has 3 nitrogen and oxygen atoms in total. The Labute approximate surface area is 82.1 Å². The maximum absolute atomic E-state index is 5.75. The lowest BCUT2D eigenvalue weighted by Crippen LogP contribution is -1.97. The number of ether oxygens (including phenoxy) is 1. The van der Waals surface area contributed by atoms with Crippen molar-refractivity contribution in [3.8, 4) is 5.75 Å². The highest BCUT2D eigenvalue weighted by molar-refractivity contribution is 5.87. The number of H-pyrrole nitrogens is 1. The van der Waals surface area contributed by atoms with Gasteiger partial charge in [-0.15, -0.1) is 0 Å². The minimum absolute atomic E-state index is 0.814. The first kappa shape index (κ1) is 7.85. The van der Waals surface area contributed by atoms with E-state index >= 15 is 0 Å². The minimum atomic E-state index is 0.814. The predicted molar refractivity (Wildman–Crippen MR) is 54.6 cm³/mol. The molecule has 1 aliphatic heterocycles. The van der Waals surface area contributed by atoms with Crippen LogP contribution in [0.2, 0.25) is 0 Å². The summed E-state index contributed by atoms with van der Waals surface area (Å²) in [5.74, 6) is 1.02. The number of hydrogen-bond acceptors (Lipinski definition) is 2. The second-order valence-electron chi connectivity index (χ2n) is 3.76. The van der Waals surface area contributed by atoms with E-state index in [0.29, 0.717) is 0 Å². The normalized spacial score (nSPS) is 15.2. The Morgan fingerprint density at radius 2 is 2.43 bits per heavy atom. The summed E-state index contributed by atoms with van der Waals surface area (Å²) in [5, 5.41) is 1.18. The molecule has 3 heterocycles. The van der Waals surface area contributed by atoms with Gasteiger partial charge in [-0.3, -0.25) is 0 Å². The van der Waals surface area contributed by atoms with Gasteiger partial charge >= 0.3 is 0 Å². The van der Waals surface area contributed by atoms with E-state index in [9.17, 15) is 0 Å². The standard InChI is InChI=1S/C11H12N2O/c1-7-5-12-11-9-8(6-13-11)3-2-4-14-10(7)9/h5-6H,2-4H2,1H3,(H,12,13). The van der Waals surface area contributed by atoms with E-state index in [0.717, 1.165) is 36.4 Å². The largest absolute Gasteiger partial charge is 0.492 e. The molecule has 0 unspecified atom stereocenters. The third-order valence-corrected chi connectivity index (χ3v) is 2.75. The Kier molecular flexibility index (Phi) is 1.54. The second-order valence-corrected chi connectivity index (χ2v) is 3.76. The molecule has 0 saturated carbocycles. The Morgan fingerprint density at radius 1 is 1.50 bits per heavy atom. The molecule has 2 aromatic rings. The van der Waals surface area contributed by atoms with Gasteiger partial charge in [0, 0.05) is 18.0 Å². The SMILES string of the molecule is Cc1cnc2[nH]cc3c2c1OCCC3. The van der Waals surface area contributed by atoms with Crippen LogP contribution in [0, 0.1) is 6.92 Å². The van der Waals surface area contributed by atoms with Crippen molar-refractivity contribution < 1.29 is 4.74 Å². The van der Waals surface area contributed by atoms with Gasteiger partial charge in [-0.2, -0.15) is 0 Å². The molecule has 0 fully saturated rings. The van der Waals surface area contributed by atoms with Crippen LogP contribution in [0.25, 0.3) is 11.0 Å². The number of nitrogens with zero attached hydrogens (tertiary/aromatic N) is 1. The quantitative estimate of drug-likeness (QED) is 0.688. The fourth-order valence-electron chi connectivity index (χ4n) is 2.04. The van der Waals surface area contributed by atoms with Crippen LogP contribution in [0.4, 0.5) is 0 Å². The number of pyridine rings is 1. The van der Waals surface area contributed by atoms with Crippen LogP contribution in [0.15, 0.2) is 12.4 Å². The van der Waals surface area contributed by atoms with Crippen molar-refractivity contribution in [2.45, 2.75) is 19.8 Å². The van der Waals surface area contributed by atoms with Crippen LogP contribution in [0.3, 0.4) is 0 Å². The summed E-state index contributed by atoms with van der Waals surface area (Å²) in [7, 11) is 0. The topological polar surface area (TPSA) is 37.9 Å². The van der Waals surface area contributed by atoms with Gasteiger partial charge in [0.2, 0.25) is 0 Å². The molecule has 0 bridgehead atoms. The van der Waals surface area contributed by atoms with Gasteiger partial charge in [-0.05, 0) is 25.3 Å². The molecule has 3 heteroatoms. The van der Waals surface area contributed by atoms with E-state index < -0.39 is 0 Å². The highest BCUT2D eigenvalue weighted by atomic mass is 16.5. The molecule has 0 aromatic carbocycles. The third kappa shape index (κ3) is 0.953.